The van der Waals surface area contributed by atoms with Gasteiger partial charge in [-0.15, -0.1) is 11.3 Å². The Labute approximate surface area is 133 Å². The van der Waals surface area contributed by atoms with Gasteiger partial charge in [-0.1, -0.05) is 19.3 Å². The average Bonchev–Trinajstić information content (AvgIpc) is 2.69. The van der Waals surface area contributed by atoms with Crippen LogP contribution in [-0.4, -0.2) is 35.1 Å². The van der Waals surface area contributed by atoms with Gasteiger partial charge in [0.1, 0.15) is 0 Å². The summed E-state index contributed by atoms with van der Waals surface area (Å²) in [5.74, 6) is 0. The van der Waals surface area contributed by atoms with Crippen molar-refractivity contribution in [1.29, 1.82) is 0 Å². The van der Waals surface area contributed by atoms with Crippen molar-refractivity contribution < 1.29 is 0 Å². The zero-order chi connectivity index (χ0) is 14.9. The molecule has 2 fully saturated rings. The van der Waals surface area contributed by atoms with Crippen molar-refractivity contribution in [3.05, 3.63) is 15.6 Å². The average molecular weight is 308 g/mol. The maximum atomic E-state index is 4.63. The van der Waals surface area contributed by atoms with Gasteiger partial charge in [-0.25, -0.2) is 4.98 Å². The van der Waals surface area contributed by atoms with Crippen molar-refractivity contribution in [2.45, 2.75) is 70.9 Å². The minimum absolute atomic E-state index is 0.386. The van der Waals surface area contributed by atoms with E-state index in [1.165, 1.54) is 73.7 Å². The number of nitrogens with one attached hydrogen (secondary N) is 1. The number of rotatable bonds is 2. The van der Waals surface area contributed by atoms with Crippen LogP contribution < -0.4 is 5.32 Å². The highest BCUT2D eigenvalue weighted by Crippen LogP contribution is 2.35. The van der Waals surface area contributed by atoms with Crippen LogP contribution in [0.2, 0.25) is 0 Å². The van der Waals surface area contributed by atoms with Gasteiger partial charge in [-0.2, -0.15) is 0 Å². The molecule has 0 radical (unpaired) electrons. The second kappa shape index (κ2) is 6.35. The van der Waals surface area contributed by atoms with E-state index >= 15 is 0 Å². The van der Waals surface area contributed by atoms with E-state index in [1.807, 2.05) is 11.3 Å². The molecule has 0 bridgehead atoms. The molecule has 2 heterocycles. The Morgan fingerprint density at radius 2 is 1.95 bits per heavy atom. The zero-order valence-corrected chi connectivity index (χ0v) is 14.6. The first-order valence-corrected chi connectivity index (χ1v) is 9.34. The molecule has 1 atom stereocenters. The lowest BCUT2D eigenvalue weighted by molar-refractivity contribution is 0.135. The number of thiazole rings is 1. The van der Waals surface area contributed by atoms with Gasteiger partial charge in [0.15, 0.2) is 0 Å². The SMILES string of the molecule is Cc1nc(C)c(C(C)N2CCCNC3(CCCCC3)C2)s1. The van der Waals surface area contributed by atoms with Crippen molar-refractivity contribution in [2.24, 2.45) is 0 Å². The summed E-state index contributed by atoms with van der Waals surface area (Å²) in [5.41, 5.74) is 1.62. The number of aromatic nitrogens is 1. The van der Waals surface area contributed by atoms with E-state index in [0.717, 1.165) is 0 Å². The van der Waals surface area contributed by atoms with Gasteiger partial charge in [-0.05, 0) is 46.6 Å². The number of hydrogen-bond acceptors (Lipinski definition) is 4. The second-order valence-electron chi connectivity index (χ2n) is 6.95. The Kier molecular flexibility index (Phi) is 4.67. The van der Waals surface area contributed by atoms with E-state index in [9.17, 15) is 0 Å². The Bertz CT molecular complexity index is 476. The summed E-state index contributed by atoms with van der Waals surface area (Å²) in [7, 11) is 0. The highest BCUT2D eigenvalue weighted by molar-refractivity contribution is 7.11. The van der Waals surface area contributed by atoms with Crippen LogP contribution >= 0.6 is 11.3 Å². The Morgan fingerprint density at radius 3 is 2.62 bits per heavy atom. The molecule has 0 aromatic carbocycles. The van der Waals surface area contributed by atoms with Crippen LogP contribution in [0.15, 0.2) is 0 Å². The van der Waals surface area contributed by atoms with Gasteiger partial charge >= 0.3 is 0 Å². The first kappa shape index (κ1) is 15.4. The summed E-state index contributed by atoms with van der Waals surface area (Å²) in [6.07, 6.45) is 8.20. The van der Waals surface area contributed by atoms with E-state index in [-0.39, 0.29) is 0 Å². The summed E-state index contributed by atoms with van der Waals surface area (Å²) in [6.45, 7) is 10.3. The molecule has 1 saturated carbocycles. The van der Waals surface area contributed by atoms with Gasteiger partial charge in [0.25, 0.3) is 0 Å². The van der Waals surface area contributed by atoms with E-state index in [1.54, 1.807) is 0 Å². The lowest BCUT2D eigenvalue weighted by atomic mass is 9.81. The maximum Gasteiger partial charge on any atom is 0.0900 e. The Balaban J connectivity index is 1.78. The van der Waals surface area contributed by atoms with E-state index in [4.69, 9.17) is 0 Å². The number of hydrogen-bond donors (Lipinski definition) is 1. The first-order valence-electron chi connectivity index (χ1n) is 8.53. The molecule has 3 rings (SSSR count). The van der Waals surface area contributed by atoms with Gasteiger partial charge in [-0.3, -0.25) is 4.90 Å². The van der Waals surface area contributed by atoms with Crippen LogP contribution in [0.3, 0.4) is 0 Å². The van der Waals surface area contributed by atoms with E-state index < -0.39 is 0 Å². The fourth-order valence-electron chi connectivity index (χ4n) is 4.15. The summed E-state index contributed by atoms with van der Waals surface area (Å²) >= 11 is 1.88. The van der Waals surface area contributed by atoms with Crippen LogP contribution in [0.5, 0.6) is 0 Å². The highest BCUT2D eigenvalue weighted by atomic mass is 32.1. The molecule has 1 N–H and O–H groups in total. The summed E-state index contributed by atoms with van der Waals surface area (Å²) in [6, 6.07) is 0.509. The highest BCUT2D eigenvalue weighted by Gasteiger charge is 2.36. The molecule has 0 amide bonds. The van der Waals surface area contributed by atoms with Crippen LogP contribution in [0.25, 0.3) is 0 Å². The Morgan fingerprint density at radius 1 is 1.19 bits per heavy atom. The Hall–Kier alpha value is -0.450. The third-order valence-corrected chi connectivity index (χ3v) is 6.55. The molecule has 118 valence electrons. The standard InChI is InChI=1S/C17H29N3S/c1-13-16(21-15(3)19-13)14(2)20-11-7-10-18-17(12-20)8-5-4-6-9-17/h14,18H,4-12H2,1-3H3. The zero-order valence-electron chi connectivity index (χ0n) is 13.7. The molecule has 2 aliphatic rings. The molecule has 1 aliphatic heterocycles. The molecular formula is C17H29N3S. The lowest BCUT2D eigenvalue weighted by Crippen LogP contribution is -2.52. The summed E-state index contributed by atoms with van der Waals surface area (Å²) in [4.78, 5) is 8.82. The van der Waals surface area contributed by atoms with Crippen molar-refractivity contribution in [2.75, 3.05) is 19.6 Å². The minimum atomic E-state index is 0.386. The number of aryl methyl sites for hydroxylation is 2. The van der Waals surface area contributed by atoms with Crippen molar-refractivity contribution in [3.8, 4) is 0 Å². The second-order valence-corrected chi connectivity index (χ2v) is 8.19. The van der Waals surface area contributed by atoms with Gasteiger partial charge in [0, 0.05) is 29.5 Å². The summed E-state index contributed by atoms with van der Waals surface area (Å²) in [5, 5.41) is 5.10. The van der Waals surface area contributed by atoms with Crippen LogP contribution in [0, 0.1) is 13.8 Å². The van der Waals surface area contributed by atoms with Crippen molar-refractivity contribution in [3.63, 3.8) is 0 Å². The summed E-state index contributed by atoms with van der Waals surface area (Å²) < 4.78 is 0. The fraction of sp³-hybridized carbons (Fsp3) is 0.824. The molecule has 21 heavy (non-hydrogen) atoms. The van der Waals surface area contributed by atoms with Gasteiger partial charge in [0.05, 0.1) is 10.7 Å². The predicted molar refractivity (Wildman–Crippen MR) is 90.0 cm³/mol. The van der Waals surface area contributed by atoms with E-state index in [0.29, 0.717) is 11.6 Å². The van der Waals surface area contributed by atoms with Crippen LogP contribution in [-0.2, 0) is 0 Å². The van der Waals surface area contributed by atoms with Crippen molar-refractivity contribution >= 4 is 11.3 Å². The first-order chi connectivity index (χ1) is 10.1. The predicted octanol–water partition coefficient (Wildman–Crippen LogP) is 3.82. The molecule has 3 nitrogen and oxygen atoms in total. The molecule has 1 spiro atoms. The van der Waals surface area contributed by atoms with Crippen molar-refractivity contribution in [1.82, 2.24) is 15.2 Å². The molecule has 1 aliphatic carbocycles. The molecule has 1 unspecified atom stereocenters. The van der Waals surface area contributed by atoms with Gasteiger partial charge < -0.3 is 5.32 Å². The van der Waals surface area contributed by atoms with Crippen LogP contribution in [0.1, 0.15) is 67.1 Å². The quantitative estimate of drug-likeness (QED) is 0.900. The van der Waals surface area contributed by atoms with E-state index in [2.05, 4.69) is 36.0 Å². The number of nitrogens with zero attached hydrogens (tertiary/aromatic N) is 2. The monoisotopic (exact) mass is 307 g/mol. The maximum absolute atomic E-state index is 4.63. The molecule has 1 aromatic rings. The van der Waals surface area contributed by atoms with Gasteiger partial charge in [0.2, 0.25) is 0 Å². The molecule has 4 heteroatoms. The third-order valence-electron chi connectivity index (χ3n) is 5.31. The normalized spacial score (nSPS) is 24.9. The fourth-order valence-corrected chi connectivity index (χ4v) is 5.17. The minimum Gasteiger partial charge on any atom is -0.310 e. The largest absolute Gasteiger partial charge is 0.310 e. The molecule has 1 saturated heterocycles. The topological polar surface area (TPSA) is 28.2 Å². The molecule has 1 aromatic heterocycles. The smallest absolute Gasteiger partial charge is 0.0900 e. The van der Waals surface area contributed by atoms with Crippen LogP contribution in [0.4, 0.5) is 0 Å². The lowest BCUT2D eigenvalue weighted by Gasteiger charge is -2.41. The molecular weight excluding hydrogens is 278 g/mol. The third kappa shape index (κ3) is 3.33.